The summed E-state index contributed by atoms with van der Waals surface area (Å²) < 4.78 is 17.9. The largest absolute Gasteiger partial charge is 0.311 e. The van der Waals surface area contributed by atoms with Crippen LogP contribution in [0.4, 0.5) is 17.1 Å². The summed E-state index contributed by atoms with van der Waals surface area (Å²) in [6.45, 7) is 0. The second kappa shape index (κ2) is 13.8. The fourth-order valence-corrected chi connectivity index (χ4v) is 12.0. The summed E-state index contributed by atoms with van der Waals surface area (Å²) in [5.74, 6) is 0. The van der Waals surface area contributed by atoms with Crippen LogP contribution in [0.3, 0.4) is 0 Å². The molecule has 10 aromatic rings. The van der Waals surface area contributed by atoms with Crippen LogP contribution < -0.4 is 20.8 Å². The van der Waals surface area contributed by atoms with Gasteiger partial charge < -0.3 is 14.0 Å². The molecule has 1 unspecified atom stereocenters. The fourth-order valence-electron chi connectivity index (χ4n) is 8.91. The molecule has 1 aromatic heterocycles. The van der Waals surface area contributed by atoms with Gasteiger partial charge >= 0.3 is 0 Å². The number of hydrogen-bond donors (Lipinski definition) is 0. The average molecular weight is 761 g/mol. The molecule has 0 amide bonds. The molecule has 0 bridgehead atoms. The van der Waals surface area contributed by atoms with Crippen molar-refractivity contribution < 1.29 is 4.57 Å². The summed E-state index contributed by atoms with van der Waals surface area (Å²) in [5, 5.41) is 4.98. The molecule has 0 N–H and O–H groups in total. The minimum absolute atomic E-state index is 0.862. The van der Waals surface area contributed by atoms with E-state index < -0.39 is 7.14 Å². The third-order valence-corrected chi connectivity index (χ3v) is 14.8. The molecule has 2 heterocycles. The highest BCUT2D eigenvalue weighted by Gasteiger charge is 2.41. The zero-order chi connectivity index (χ0) is 38.6. The molecule has 9 aromatic carbocycles. The number of hydrogen-bond acceptors (Lipinski definition) is 2. The lowest BCUT2D eigenvalue weighted by Gasteiger charge is -2.26. The first-order valence-electron chi connectivity index (χ1n) is 19.7. The first-order valence-corrected chi connectivity index (χ1v) is 21.4. The molecule has 0 saturated heterocycles. The summed E-state index contributed by atoms with van der Waals surface area (Å²) in [6, 6.07) is 78.8. The Bertz CT molecular complexity index is 3070. The van der Waals surface area contributed by atoms with Gasteiger partial charge in [-0.3, -0.25) is 0 Å². The van der Waals surface area contributed by atoms with Gasteiger partial charge in [-0.05, 0) is 88.5 Å². The van der Waals surface area contributed by atoms with Crippen molar-refractivity contribution in [1.29, 1.82) is 0 Å². The molecule has 0 saturated carbocycles. The van der Waals surface area contributed by atoms with E-state index in [1.165, 1.54) is 27.6 Å². The SMILES string of the molecule is O=P1(c2ccccc2)c2ccccc2-c2c1ccc1c3ccccc3n(-c3ccc(N(c4ccc(-c5ccccc5)cc4)c4ccc(-c5ccccc5)cc4)cc3)c21. The first kappa shape index (κ1) is 34.1. The van der Waals surface area contributed by atoms with Crippen molar-refractivity contribution in [3.63, 3.8) is 0 Å². The molecule has 0 radical (unpaired) electrons. The van der Waals surface area contributed by atoms with Gasteiger partial charge in [0.05, 0.1) is 11.0 Å². The van der Waals surface area contributed by atoms with E-state index >= 15 is 4.57 Å². The van der Waals surface area contributed by atoms with Gasteiger partial charge in [-0.15, -0.1) is 0 Å². The van der Waals surface area contributed by atoms with Crippen molar-refractivity contribution in [1.82, 2.24) is 4.57 Å². The van der Waals surface area contributed by atoms with Crippen LogP contribution in [-0.4, -0.2) is 4.57 Å². The van der Waals surface area contributed by atoms with Crippen molar-refractivity contribution in [2.45, 2.75) is 0 Å². The van der Waals surface area contributed by atoms with Crippen LogP contribution in [0.5, 0.6) is 0 Å². The third-order valence-electron chi connectivity index (χ3n) is 11.6. The Morgan fingerprint density at radius 1 is 0.379 bits per heavy atom. The summed E-state index contributed by atoms with van der Waals surface area (Å²) in [4.78, 5) is 2.32. The summed E-state index contributed by atoms with van der Waals surface area (Å²) >= 11 is 0. The number of nitrogens with zero attached hydrogens (tertiary/aromatic N) is 2. The third kappa shape index (κ3) is 5.39. The molecule has 58 heavy (non-hydrogen) atoms. The minimum Gasteiger partial charge on any atom is -0.311 e. The van der Waals surface area contributed by atoms with Crippen LogP contribution in [0.15, 0.2) is 224 Å². The Labute approximate surface area is 338 Å². The second-order valence-electron chi connectivity index (χ2n) is 14.8. The fraction of sp³-hybridized carbons (Fsp3) is 0. The average Bonchev–Trinajstić information content (AvgIpc) is 3.78. The van der Waals surface area contributed by atoms with E-state index in [-0.39, 0.29) is 0 Å². The predicted molar refractivity (Wildman–Crippen MR) is 245 cm³/mol. The van der Waals surface area contributed by atoms with Crippen LogP contribution in [0.1, 0.15) is 0 Å². The van der Waals surface area contributed by atoms with Crippen LogP contribution >= 0.6 is 7.14 Å². The van der Waals surface area contributed by atoms with Crippen LogP contribution in [0.2, 0.25) is 0 Å². The Morgan fingerprint density at radius 2 is 0.862 bits per heavy atom. The lowest BCUT2D eigenvalue weighted by molar-refractivity contribution is 0.593. The maximum Gasteiger partial charge on any atom is 0.172 e. The van der Waals surface area contributed by atoms with Crippen LogP contribution in [0.25, 0.3) is 60.9 Å². The zero-order valence-electron chi connectivity index (χ0n) is 31.6. The molecule has 1 aliphatic rings. The van der Waals surface area contributed by atoms with E-state index in [0.29, 0.717) is 0 Å². The van der Waals surface area contributed by atoms with Gasteiger partial charge in [0.15, 0.2) is 7.14 Å². The van der Waals surface area contributed by atoms with Gasteiger partial charge in [0.2, 0.25) is 0 Å². The maximum absolute atomic E-state index is 15.5. The molecule has 4 heteroatoms. The van der Waals surface area contributed by atoms with Gasteiger partial charge in [0.25, 0.3) is 0 Å². The number of fused-ring (bicyclic) bond motifs is 7. The monoisotopic (exact) mass is 760 g/mol. The predicted octanol–water partition coefficient (Wildman–Crippen LogP) is 13.2. The molecule has 274 valence electrons. The molecule has 0 spiro atoms. The van der Waals surface area contributed by atoms with E-state index in [9.17, 15) is 0 Å². The molecule has 11 rings (SSSR count). The van der Waals surface area contributed by atoms with E-state index in [2.05, 4.69) is 198 Å². The normalized spacial score (nSPS) is 14.3. The van der Waals surface area contributed by atoms with E-state index in [1.54, 1.807) is 0 Å². The molecule has 3 nitrogen and oxygen atoms in total. The second-order valence-corrected chi connectivity index (χ2v) is 17.5. The summed E-state index contributed by atoms with van der Waals surface area (Å²) in [7, 11) is -3.12. The Hall–Kier alpha value is -7.19. The lowest BCUT2D eigenvalue weighted by atomic mass is 10.0. The van der Waals surface area contributed by atoms with Crippen molar-refractivity contribution in [3.8, 4) is 39.1 Å². The molecular weight excluding hydrogens is 724 g/mol. The maximum atomic E-state index is 15.5. The molecule has 0 aliphatic carbocycles. The number of para-hydroxylation sites is 1. The van der Waals surface area contributed by atoms with E-state index in [1.807, 2.05) is 36.4 Å². The molecule has 1 aliphatic heterocycles. The van der Waals surface area contributed by atoms with Gasteiger partial charge in [0, 0.05) is 55.0 Å². The van der Waals surface area contributed by atoms with Crippen molar-refractivity contribution in [2.75, 3.05) is 4.90 Å². The van der Waals surface area contributed by atoms with Crippen LogP contribution in [0, 0.1) is 0 Å². The van der Waals surface area contributed by atoms with Crippen molar-refractivity contribution >= 4 is 61.9 Å². The quantitative estimate of drug-likeness (QED) is 0.151. The molecular formula is C54H37N2OP. The number of anilines is 3. The van der Waals surface area contributed by atoms with Crippen molar-refractivity contribution in [3.05, 3.63) is 224 Å². The van der Waals surface area contributed by atoms with Crippen LogP contribution in [-0.2, 0) is 4.57 Å². The van der Waals surface area contributed by atoms with Gasteiger partial charge in [-0.2, -0.15) is 0 Å². The highest BCUT2D eigenvalue weighted by Crippen LogP contribution is 2.55. The zero-order valence-corrected chi connectivity index (χ0v) is 32.5. The number of aromatic nitrogens is 1. The van der Waals surface area contributed by atoms with Gasteiger partial charge in [-0.25, -0.2) is 0 Å². The van der Waals surface area contributed by atoms with Gasteiger partial charge in [-0.1, -0.05) is 164 Å². The molecule has 1 atom stereocenters. The summed E-state index contributed by atoms with van der Waals surface area (Å²) in [6.07, 6.45) is 0. The number of benzene rings is 9. The standard InChI is InChI=1S/C54H37N2OP/c57-58(46-18-8-3-9-19-46)51-23-13-11-21-49(51)53-52(58)37-36-48-47-20-10-12-22-50(47)56(54(48)53)45-34-32-44(33-35-45)55(42-28-24-40(25-29-42)38-14-4-1-5-15-38)43-30-26-41(27-31-43)39-16-6-2-7-17-39/h1-37H. The van der Waals surface area contributed by atoms with Gasteiger partial charge in [0.1, 0.15) is 0 Å². The number of rotatable bonds is 7. The first-order chi connectivity index (χ1) is 28.7. The smallest absolute Gasteiger partial charge is 0.172 e. The highest BCUT2D eigenvalue weighted by molar-refractivity contribution is 7.86. The summed E-state index contributed by atoms with van der Waals surface area (Å²) in [5.41, 5.74) is 13.3. The Balaban J connectivity index is 1.07. The lowest BCUT2D eigenvalue weighted by Crippen LogP contribution is -2.20. The van der Waals surface area contributed by atoms with E-state index in [0.717, 1.165) is 66.2 Å². The van der Waals surface area contributed by atoms with E-state index in [4.69, 9.17) is 0 Å². The minimum atomic E-state index is -3.12. The topological polar surface area (TPSA) is 25.2 Å². The highest BCUT2D eigenvalue weighted by atomic mass is 31.2. The van der Waals surface area contributed by atoms with Crippen molar-refractivity contribution in [2.24, 2.45) is 0 Å². The molecule has 0 fully saturated rings. The Morgan fingerprint density at radius 3 is 1.47 bits per heavy atom. The Kier molecular flexibility index (Phi) is 8.10.